The topological polar surface area (TPSA) is 71.9 Å². The average molecular weight is 370 g/mol. The van der Waals surface area contributed by atoms with Crippen molar-refractivity contribution in [2.45, 2.75) is 20.4 Å². The first-order chi connectivity index (χ1) is 13.0. The molecule has 0 aromatic heterocycles. The Hall–Kier alpha value is -2.86. The van der Waals surface area contributed by atoms with Gasteiger partial charge in [-0.15, -0.1) is 0 Å². The van der Waals surface area contributed by atoms with Gasteiger partial charge in [-0.3, -0.25) is 9.59 Å². The minimum atomic E-state index is -0.146. The molecule has 0 aliphatic rings. The van der Waals surface area contributed by atoms with Gasteiger partial charge < -0.3 is 20.3 Å². The lowest BCUT2D eigenvalue weighted by Crippen LogP contribution is -3.08. The Morgan fingerprint density at radius 3 is 2.48 bits per heavy atom. The van der Waals surface area contributed by atoms with Crippen LogP contribution in [0.1, 0.15) is 29.8 Å². The molecule has 2 amide bonds. The summed E-state index contributed by atoms with van der Waals surface area (Å²) in [6.45, 7) is 6.10. The summed E-state index contributed by atoms with van der Waals surface area (Å²) in [6.07, 6.45) is 0. The summed E-state index contributed by atoms with van der Waals surface area (Å²) in [5.41, 5.74) is 2.30. The molecule has 0 saturated carbocycles. The molecule has 0 heterocycles. The predicted octanol–water partition coefficient (Wildman–Crippen LogP) is 1.49. The molecule has 0 bridgehead atoms. The molecule has 2 aromatic carbocycles. The first-order valence-electron chi connectivity index (χ1n) is 9.23. The van der Waals surface area contributed by atoms with Crippen LogP contribution in [-0.2, 0) is 11.3 Å². The summed E-state index contributed by atoms with van der Waals surface area (Å²) in [4.78, 5) is 25.3. The maximum absolute atomic E-state index is 12.3. The lowest BCUT2D eigenvalue weighted by Gasteiger charge is -2.14. The quantitative estimate of drug-likeness (QED) is 0.626. The van der Waals surface area contributed by atoms with Crippen LogP contribution in [0.5, 0.6) is 5.75 Å². The zero-order valence-corrected chi connectivity index (χ0v) is 16.2. The monoisotopic (exact) mass is 370 g/mol. The summed E-state index contributed by atoms with van der Waals surface area (Å²) in [5.74, 6) is 0.613. The van der Waals surface area contributed by atoms with E-state index in [1.54, 1.807) is 24.3 Å². The van der Waals surface area contributed by atoms with E-state index in [1.165, 1.54) is 0 Å². The van der Waals surface area contributed by atoms with Crippen LogP contribution in [-0.4, -0.2) is 38.6 Å². The molecule has 0 radical (unpaired) electrons. The second-order valence-electron chi connectivity index (χ2n) is 6.38. The fraction of sp³-hybridized carbons (Fsp3) is 0.333. The summed E-state index contributed by atoms with van der Waals surface area (Å²) in [7, 11) is 1.97. The molecular formula is C21H28N3O3+. The summed E-state index contributed by atoms with van der Waals surface area (Å²) >= 11 is 0. The van der Waals surface area contributed by atoms with Crippen molar-refractivity contribution in [3.8, 4) is 5.75 Å². The zero-order chi connectivity index (χ0) is 19.6. The van der Waals surface area contributed by atoms with Crippen LogP contribution in [0.25, 0.3) is 0 Å². The second-order valence-corrected chi connectivity index (χ2v) is 6.38. The lowest BCUT2D eigenvalue weighted by atomic mass is 10.2. The van der Waals surface area contributed by atoms with Crippen molar-refractivity contribution in [2.75, 3.05) is 32.1 Å². The van der Waals surface area contributed by atoms with Gasteiger partial charge in [-0.05, 0) is 56.3 Å². The Balaban J connectivity index is 1.87. The number of quaternary nitrogens is 1. The van der Waals surface area contributed by atoms with Gasteiger partial charge >= 0.3 is 0 Å². The van der Waals surface area contributed by atoms with E-state index < -0.39 is 0 Å². The van der Waals surface area contributed by atoms with E-state index in [-0.39, 0.29) is 11.8 Å². The SMILES string of the molecule is CCNC(=O)c1cccc(NC(=O)C[NH+](C)Cc2ccc(OCC)cc2)c1. The fourth-order valence-corrected chi connectivity index (χ4v) is 2.76. The highest BCUT2D eigenvalue weighted by Crippen LogP contribution is 2.12. The third-order valence-electron chi connectivity index (χ3n) is 3.95. The molecule has 1 atom stereocenters. The van der Waals surface area contributed by atoms with Crippen molar-refractivity contribution in [3.05, 3.63) is 59.7 Å². The van der Waals surface area contributed by atoms with E-state index in [2.05, 4.69) is 10.6 Å². The van der Waals surface area contributed by atoms with Crippen molar-refractivity contribution in [3.63, 3.8) is 0 Å². The number of anilines is 1. The summed E-state index contributed by atoms with van der Waals surface area (Å²) in [5, 5.41) is 5.61. The molecule has 0 saturated heterocycles. The molecule has 2 rings (SSSR count). The number of likely N-dealkylation sites (N-methyl/N-ethyl adjacent to an activating group) is 1. The van der Waals surface area contributed by atoms with Gasteiger partial charge in [0.15, 0.2) is 6.54 Å². The highest BCUT2D eigenvalue weighted by atomic mass is 16.5. The van der Waals surface area contributed by atoms with E-state index in [1.807, 2.05) is 45.2 Å². The molecule has 6 heteroatoms. The second kappa shape index (κ2) is 10.3. The average Bonchev–Trinajstić information content (AvgIpc) is 2.64. The Labute approximate surface area is 160 Å². The minimum Gasteiger partial charge on any atom is -0.494 e. The van der Waals surface area contributed by atoms with Crippen LogP contribution >= 0.6 is 0 Å². The van der Waals surface area contributed by atoms with Crippen LogP contribution in [0, 0.1) is 0 Å². The van der Waals surface area contributed by atoms with Crippen LogP contribution < -0.4 is 20.3 Å². The smallest absolute Gasteiger partial charge is 0.279 e. The van der Waals surface area contributed by atoms with E-state index in [4.69, 9.17) is 4.74 Å². The highest BCUT2D eigenvalue weighted by molar-refractivity contribution is 5.97. The molecule has 0 spiro atoms. The van der Waals surface area contributed by atoms with E-state index in [0.717, 1.165) is 22.8 Å². The van der Waals surface area contributed by atoms with Gasteiger partial charge in [0.05, 0.1) is 13.7 Å². The molecule has 6 nitrogen and oxygen atoms in total. The molecule has 2 aromatic rings. The summed E-state index contributed by atoms with van der Waals surface area (Å²) < 4.78 is 5.44. The first-order valence-corrected chi connectivity index (χ1v) is 9.23. The number of benzene rings is 2. The number of hydrogen-bond acceptors (Lipinski definition) is 3. The maximum atomic E-state index is 12.3. The maximum Gasteiger partial charge on any atom is 0.279 e. The number of hydrogen-bond donors (Lipinski definition) is 3. The van der Waals surface area contributed by atoms with Crippen molar-refractivity contribution in [2.24, 2.45) is 0 Å². The summed E-state index contributed by atoms with van der Waals surface area (Å²) in [6, 6.07) is 14.9. The van der Waals surface area contributed by atoms with E-state index in [0.29, 0.717) is 30.9 Å². The third kappa shape index (κ3) is 6.75. The molecule has 1 unspecified atom stereocenters. The predicted molar refractivity (Wildman–Crippen MR) is 106 cm³/mol. The van der Waals surface area contributed by atoms with Gasteiger partial charge in [-0.25, -0.2) is 0 Å². The van der Waals surface area contributed by atoms with Gasteiger partial charge in [0.2, 0.25) is 0 Å². The standard InChI is InChI=1S/C21H27N3O3/c1-4-22-21(26)17-7-6-8-18(13-17)23-20(25)15-24(3)14-16-9-11-19(12-10-16)27-5-2/h6-13H,4-5,14-15H2,1-3H3,(H,22,26)(H,23,25)/p+1. The van der Waals surface area contributed by atoms with Gasteiger partial charge in [-0.2, -0.15) is 0 Å². The zero-order valence-electron chi connectivity index (χ0n) is 16.2. The lowest BCUT2D eigenvalue weighted by molar-refractivity contribution is -0.885. The van der Waals surface area contributed by atoms with Crippen molar-refractivity contribution >= 4 is 17.5 Å². The number of carbonyl (C=O) groups excluding carboxylic acids is 2. The fourth-order valence-electron chi connectivity index (χ4n) is 2.76. The minimum absolute atomic E-state index is 0.0912. The van der Waals surface area contributed by atoms with Crippen molar-refractivity contribution < 1.29 is 19.2 Å². The van der Waals surface area contributed by atoms with E-state index >= 15 is 0 Å². The van der Waals surface area contributed by atoms with Gasteiger partial charge in [0.25, 0.3) is 11.8 Å². The van der Waals surface area contributed by atoms with Crippen molar-refractivity contribution in [1.82, 2.24) is 5.32 Å². The number of carbonyl (C=O) groups is 2. The molecule has 27 heavy (non-hydrogen) atoms. The molecule has 0 aliphatic heterocycles. The molecule has 0 aliphatic carbocycles. The number of nitrogens with one attached hydrogen (secondary N) is 3. The Morgan fingerprint density at radius 1 is 1.07 bits per heavy atom. The Kier molecular flexibility index (Phi) is 7.82. The highest BCUT2D eigenvalue weighted by Gasteiger charge is 2.12. The molecule has 0 fully saturated rings. The van der Waals surface area contributed by atoms with E-state index in [9.17, 15) is 9.59 Å². The molecule has 144 valence electrons. The number of rotatable bonds is 9. The first kappa shape index (κ1) is 20.5. The Bertz CT molecular complexity index is 760. The van der Waals surface area contributed by atoms with Crippen molar-refractivity contribution in [1.29, 1.82) is 0 Å². The number of amides is 2. The van der Waals surface area contributed by atoms with Gasteiger partial charge in [-0.1, -0.05) is 6.07 Å². The van der Waals surface area contributed by atoms with Gasteiger partial charge in [0, 0.05) is 23.4 Å². The van der Waals surface area contributed by atoms with Crippen LogP contribution in [0.4, 0.5) is 5.69 Å². The largest absolute Gasteiger partial charge is 0.494 e. The Morgan fingerprint density at radius 2 is 1.81 bits per heavy atom. The molecular weight excluding hydrogens is 342 g/mol. The molecule has 3 N–H and O–H groups in total. The third-order valence-corrected chi connectivity index (χ3v) is 3.95. The van der Waals surface area contributed by atoms with Crippen LogP contribution in [0.2, 0.25) is 0 Å². The van der Waals surface area contributed by atoms with Gasteiger partial charge in [0.1, 0.15) is 12.3 Å². The normalized spacial score (nSPS) is 11.5. The number of ether oxygens (including phenoxy) is 1. The van der Waals surface area contributed by atoms with Crippen LogP contribution in [0.15, 0.2) is 48.5 Å². The van der Waals surface area contributed by atoms with Crippen LogP contribution in [0.3, 0.4) is 0 Å².